The Labute approximate surface area is 247 Å². The van der Waals surface area contributed by atoms with E-state index in [2.05, 4.69) is 15.2 Å². The molecular weight excluding hydrogens is 585 g/mol. The number of hydrogen-bond acceptors (Lipinski definition) is 8. The smallest absolute Gasteiger partial charge is 0.452 e. The van der Waals surface area contributed by atoms with Crippen LogP contribution in [0.15, 0.2) is 47.6 Å². The van der Waals surface area contributed by atoms with Gasteiger partial charge in [-0.15, -0.1) is 14.5 Å². The van der Waals surface area contributed by atoms with Gasteiger partial charge in [-0.2, -0.15) is 18.4 Å². The first-order valence-electron chi connectivity index (χ1n) is 13.4. The molecule has 0 radical (unpaired) electrons. The summed E-state index contributed by atoms with van der Waals surface area (Å²) in [6.45, 7) is 4.10. The van der Waals surface area contributed by atoms with E-state index in [-0.39, 0.29) is 30.1 Å². The minimum absolute atomic E-state index is 0.00810. The summed E-state index contributed by atoms with van der Waals surface area (Å²) in [4.78, 5) is 16.6. The van der Waals surface area contributed by atoms with Gasteiger partial charge in [-0.05, 0) is 60.6 Å². The van der Waals surface area contributed by atoms with Crippen LogP contribution >= 0.6 is 0 Å². The van der Waals surface area contributed by atoms with E-state index in [9.17, 15) is 32.9 Å². The highest BCUT2D eigenvalue weighted by atomic mass is 32.2. The second-order valence-corrected chi connectivity index (χ2v) is 12.4. The van der Waals surface area contributed by atoms with E-state index in [1.807, 2.05) is 25.1 Å². The minimum atomic E-state index is -4.70. The average molecular weight is 611 g/mol. The topological polar surface area (TPSA) is 140 Å². The molecule has 3 aromatic heterocycles. The van der Waals surface area contributed by atoms with Crippen molar-refractivity contribution in [2.24, 2.45) is 0 Å². The number of fused-ring (bicyclic) bond motifs is 2. The number of carboxylic acid groups (broad SMARTS) is 1. The summed E-state index contributed by atoms with van der Waals surface area (Å²) < 4.78 is 62.9. The summed E-state index contributed by atoms with van der Waals surface area (Å²) >= 11 is -1.69. The van der Waals surface area contributed by atoms with Crippen LogP contribution in [0.1, 0.15) is 64.4 Å². The molecule has 0 bridgehead atoms. The van der Waals surface area contributed by atoms with Gasteiger partial charge in [0.05, 0.1) is 36.4 Å². The van der Waals surface area contributed by atoms with Crippen LogP contribution in [0.5, 0.6) is 5.88 Å². The zero-order valence-corrected chi connectivity index (χ0v) is 23.9. The number of aliphatic carboxylic acids is 1. The predicted molar refractivity (Wildman–Crippen MR) is 146 cm³/mol. The molecule has 14 heteroatoms. The molecule has 4 aromatic rings. The summed E-state index contributed by atoms with van der Waals surface area (Å²) in [5.41, 5.74) is 2.94. The Bertz CT molecular complexity index is 1800. The van der Waals surface area contributed by atoms with Crippen LogP contribution < -0.4 is 4.74 Å². The highest BCUT2D eigenvalue weighted by molar-refractivity contribution is 7.89. The molecule has 4 heterocycles. The van der Waals surface area contributed by atoms with Crippen molar-refractivity contribution in [3.63, 3.8) is 0 Å². The van der Waals surface area contributed by atoms with E-state index in [4.69, 9.17) is 4.74 Å². The first-order valence-corrected chi connectivity index (χ1v) is 14.5. The Morgan fingerprint density at radius 2 is 2.02 bits per heavy atom. The number of alkyl halides is 3. The second kappa shape index (κ2) is 10.5. The molecule has 43 heavy (non-hydrogen) atoms. The number of nitrogens with zero attached hydrogens (tertiary/aromatic N) is 6. The number of carboxylic acids is 1. The van der Waals surface area contributed by atoms with Crippen LogP contribution in [0, 0.1) is 25.2 Å². The Hall–Kier alpha value is -4.19. The van der Waals surface area contributed by atoms with Gasteiger partial charge in [0, 0.05) is 24.4 Å². The zero-order chi connectivity index (χ0) is 30.7. The molecule has 0 amide bonds. The number of halogens is 3. The van der Waals surface area contributed by atoms with Gasteiger partial charge in [-0.25, -0.2) is 4.98 Å². The molecule has 1 aliphatic carbocycles. The van der Waals surface area contributed by atoms with E-state index in [0.717, 1.165) is 28.4 Å². The molecule has 1 spiro atoms. The molecule has 222 valence electrons. The lowest BCUT2D eigenvalue weighted by Gasteiger charge is -2.25. The van der Waals surface area contributed by atoms with Gasteiger partial charge in [-0.1, -0.05) is 18.2 Å². The van der Waals surface area contributed by atoms with Crippen molar-refractivity contribution in [3.05, 3.63) is 81.9 Å². The number of nitriles is 1. The standard InChI is InChI=1S/C29H25F3N6O4S/c1-16-3-4-19(22(11-24(39)40)21-5-8-38-25(17(21)2)35-36-27(38)29(30,31)32)10-20(16)14-37-15-28(6-7-28)42-26-23(43(37)41)9-18(12-33)13-34-26/h3-5,8-10,13,22H,6-7,11,14-15H2,1-2H3,(H,39,40). The Balaban J connectivity index is 1.38. The maximum absolute atomic E-state index is 13.8. The molecular formula is C29H25F3N6O4S. The van der Waals surface area contributed by atoms with Crippen LogP contribution in [0.25, 0.3) is 5.65 Å². The third-order valence-corrected chi connectivity index (χ3v) is 9.35. The van der Waals surface area contributed by atoms with Gasteiger partial charge in [-0.3, -0.25) is 9.20 Å². The van der Waals surface area contributed by atoms with E-state index >= 15 is 0 Å². The van der Waals surface area contributed by atoms with Crippen LogP contribution in [0.2, 0.25) is 0 Å². The van der Waals surface area contributed by atoms with Crippen LogP contribution in [-0.4, -0.2) is 51.7 Å². The SMILES string of the molecule is Cc1ccc(C(CC(=O)O)c2ccn3c(C(F)(F)F)nnc3c2C)cc1CN1CC2(CC2)Oc2ncc(C#N)cc2[S+]1[O-]. The molecule has 10 nitrogen and oxygen atoms in total. The molecule has 1 aromatic carbocycles. The van der Waals surface area contributed by atoms with Crippen molar-refractivity contribution in [1.29, 1.82) is 5.26 Å². The van der Waals surface area contributed by atoms with E-state index in [1.54, 1.807) is 17.3 Å². The zero-order valence-electron chi connectivity index (χ0n) is 23.1. The largest absolute Gasteiger partial charge is 0.593 e. The molecule has 6 rings (SSSR count). The number of pyridine rings is 2. The number of aryl methyl sites for hydroxylation is 2. The first-order chi connectivity index (χ1) is 20.4. The monoisotopic (exact) mass is 610 g/mol. The molecule has 0 saturated heterocycles. The van der Waals surface area contributed by atoms with Crippen LogP contribution in [0.4, 0.5) is 13.2 Å². The Morgan fingerprint density at radius 3 is 2.70 bits per heavy atom. The third-order valence-electron chi connectivity index (χ3n) is 7.95. The highest BCUT2D eigenvalue weighted by Crippen LogP contribution is 2.46. The number of aromatic nitrogens is 4. The fourth-order valence-electron chi connectivity index (χ4n) is 5.48. The van der Waals surface area contributed by atoms with E-state index in [0.29, 0.717) is 28.1 Å². The van der Waals surface area contributed by atoms with E-state index < -0.39 is 40.9 Å². The van der Waals surface area contributed by atoms with Crippen LogP contribution in [0.3, 0.4) is 0 Å². The number of carbonyl (C=O) groups is 1. The summed E-state index contributed by atoms with van der Waals surface area (Å²) in [6, 6.07) is 10.5. The maximum atomic E-state index is 13.8. The molecule has 2 unspecified atom stereocenters. The summed E-state index contributed by atoms with van der Waals surface area (Å²) in [5.74, 6) is -2.70. The lowest BCUT2D eigenvalue weighted by Crippen LogP contribution is -2.38. The van der Waals surface area contributed by atoms with Crippen molar-refractivity contribution >= 4 is 23.0 Å². The fourth-order valence-corrected chi connectivity index (χ4v) is 6.84. The van der Waals surface area contributed by atoms with Gasteiger partial charge in [0.1, 0.15) is 11.7 Å². The lowest BCUT2D eigenvalue weighted by molar-refractivity contribution is -0.145. The normalized spacial score (nSPS) is 18.5. The number of hydrogen-bond donors (Lipinski definition) is 1. The van der Waals surface area contributed by atoms with Gasteiger partial charge in [0.15, 0.2) is 5.65 Å². The maximum Gasteiger partial charge on any atom is 0.452 e. The van der Waals surface area contributed by atoms with Crippen molar-refractivity contribution < 1.29 is 32.4 Å². The van der Waals surface area contributed by atoms with Crippen molar-refractivity contribution in [3.8, 4) is 11.9 Å². The number of benzene rings is 1. The Morgan fingerprint density at radius 1 is 1.26 bits per heavy atom. The number of ether oxygens (including phenoxy) is 1. The van der Waals surface area contributed by atoms with Gasteiger partial charge >= 0.3 is 12.1 Å². The third kappa shape index (κ3) is 5.39. The summed E-state index contributed by atoms with van der Waals surface area (Å²) in [7, 11) is 0. The summed E-state index contributed by atoms with van der Waals surface area (Å²) in [5, 5.41) is 26.2. The van der Waals surface area contributed by atoms with Gasteiger partial charge < -0.3 is 14.4 Å². The minimum Gasteiger partial charge on any atom is -0.593 e. The van der Waals surface area contributed by atoms with Gasteiger partial charge in [0.25, 0.3) is 5.88 Å². The fraction of sp³-hybridized carbons (Fsp3) is 0.345. The van der Waals surface area contributed by atoms with Crippen molar-refractivity contribution in [1.82, 2.24) is 23.9 Å². The van der Waals surface area contributed by atoms with Gasteiger partial charge in [0.2, 0.25) is 10.7 Å². The molecule has 1 aliphatic heterocycles. The predicted octanol–water partition coefficient (Wildman–Crippen LogP) is 4.69. The number of rotatable bonds is 6. The quantitative estimate of drug-likeness (QED) is 0.308. The van der Waals surface area contributed by atoms with Crippen molar-refractivity contribution in [2.45, 2.75) is 62.2 Å². The van der Waals surface area contributed by atoms with Crippen LogP contribution in [-0.2, 0) is 28.9 Å². The highest BCUT2D eigenvalue weighted by Gasteiger charge is 2.53. The molecule has 2 atom stereocenters. The van der Waals surface area contributed by atoms with Crippen molar-refractivity contribution in [2.75, 3.05) is 6.54 Å². The summed E-state index contributed by atoms with van der Waals surface area (Å²) in [6.07, 6.45) is -0.891. The first kappa shape index (κ1) is 28.9. The molecule has 1 saturated carbocycles. The lowest BCUT2D eigenvalue weighted by atomic mass is 9.85. The molecule has 1 fully saturated rings. The molecule has 1 N–H and O–H groups in total. The average Bonchev–Trinajstić information content (AvgIpc) is 3.57. The Kier molecular flexibility index (Phi) is 7.07. The second-order valence-electron chi connectivity index (χ2n) is 10.9. The van der Waals surface area contributed by atoms with E-state index in [1.165, 1.54) is 24.5 Å². The molecule has 2 aliphatic rings.